The lowest BCUT2D eigenvalue weighted by Crippen LogP contribution is -2.69. The molecule has 2 heterocycles. The number of hydrogen-bond donors (Lipinski definition) is 1. The highest BCUT2D eigenvalue weighted by atomic mass is 16.5. The second kappa shape index (κ2) is 5.12. The van der Waals surface area contributed by atoms with Crippen molar-refractivity contribution < 1.29 is 14.3 Å². The number of piperazine rings is 1. The summed E-state index contributed by atoms with van der Waals surface area (Å²) in [5.41, 5.74) is -0.803. The molecule has 2 aliphatic rings. The molecule has 5 heteroatoms. The van der Waals surface area contributed by atoms with E-state index >= 15 is 0 Å². The molecule has 0 aromatic carbocycles. The lowest BCUT2D eigenvalue weighted by atomic mass is 9.87. The molecule has 108 valence electrons. The van der Waals surface area contributed by atoms with Crippen molar-refractivity contribution in [3.8, 4) is 0 Å². The van der Waals surface area contributed by atoms with Crippen LogP contribution in [-0.4, -0.2) is 47.6 Å². The van der Waals surface area contributed by atoms with Crippen molar-refractivity contribution in [2.75, 3.05) is 13.2 Å². The van der Waals surface area contributed by atoms with E-state index in [9.17, 15) is 9.59 Å². The van der Waals surface area contributed by atoms with Gasteiger partial charge in [-0.3, -0.25) is 9.59 Å². The molecular weight excluding hydrogens is 244 g/mol. The molecule has 19 heavy (non-hydrogen) atoms. The van der Waals surface area contributed by atoms with Crippen LogP contribution in [0.3, 0.4) is 0 Å². The maximum absolute atomic E-state index is 12.6. The molecule has 2 atom stereocenters. The summed E-state index contributed by atoms with van der Waals surface area (Å²) in [4.78, 5) is 26.4. The molecule has 0 saturated carbocycles. The van der Waals surface area contributed by atoms with Gasteiger partial charge in [0.1, 0.15) is 11.6 Å². The SMILES string of the molecule is CC1C(=O)NC(C)(C)C(=O)N1C(C)C1CCOCC1. The number of carbonyl (C=O) groups is 2. The summed E-state index contributed by atoms with van der Waals surface area (Å²) in [5.74, 6) is 0.365. The molecule has 0 aromatic heterocycles. The molecule has 0 bridgehead atoms. The van der Waals surface area contributed by atoms with Crippen LogP contribution in [0.15, 0.2) is 0 Å². The summed E-state index contributed by atoms with van der Waals surface area (Å²) in [5, 5.41) is 2.79. The molecule has 0 aromatic rings. The Hall–Kier alpha value is -1.10. The van der Waals surface area contributed by atoms with E-state index in [1.807, 2.05) is 0 Å². The lowest BCUT2D eigenvalue weighted by Gasteiger charge is -2.47. The van der Waals surface area contributed by atoms with Crippen molar-refractivity contribution in [3.05, 3.63) is 0 Å². The first-order valence-electron chi connectivity index (χ1n) is 7.07. The van der Waals surface area contributed by atoms with Gasteiger partial charge in [-0.05, 0) is 46.5 Å². The van der Waals surface area contributed by atoms with Crippen molar-refractivity contribution in [1.82, 2.24) is 10.2 Å². The number of carbonyl (C=O) groups excluding carboxylic acids is 2. The zero-order valence-corrected chi connectivity index (χ0v) is 12.2. The Morgan fingerprint density at radius 2 is 1.89 bits per heavy atom. The van der Waals surface area contributed by atoms with E-state index in [1.54, 1.807) is 25.7 Å². The van der Waals surface area contributed by atoms with Crippen molar-refractivity contribution in [3.63, 3.8) is 0 Å². The van der Waals surface area contributed by atoms with E-state index in [4.69, 9.17) is 4.74 Å². The first-order valence-corrected chi connectivity index (χ1v) is 7.07. The average molecular weight is 268 g/mol. The highest BCUT2D eigenvalue weighted by Crippen LogP contribution is 2.28. The lowest BCUT2D eigenvalue weighted by molar-refractivity contribution is -0.157. The summed E-state index contributed by atoms with van der Waals surface area (Å²) in [6.45, 7) is 8.89. The van der Waals surface area contributed by atoms with Gasteiger partial charge < -0.3 is 15.0 Å². The summed E-state index contributed by atoms with van der Waals surface area (Å²) >= 11 is 0. The van der Waals surface area contributed by atoms with Crippen LogP contribution in [0.5, 0.6) is 0 Å². The van der Waals surface area contributed by atoms with Crippen LogP contribution in [-0.2, 0) is 14.3 Å². The molecule has 2 amide bonds. The average Bonchev–Trinajstić information content (AvgIpc) is 2.37. The van der Waals surface area contributed by atoms with Crippen molar-refractivity contribution in [2.24, 2.45) is 5.92 Å². The highest BCUT2D eigenvalue weighted by molar-refractivity contribution is 5.99. The molecular formula is C14H24N2O3. The Balaban J connectivity index is 2.19. The van der Waals surface area contributed by atoms with Gasteiger partial charge in [0.05, 0.1) is 0 Å². The van der Waals surface area contributed by atoms with E-state index in [1.165, 1.54) is 0 Å². The Morgan fingerprint density at radius 1 is 1.32 bits per heavy atom. The first-order chi connectivity index (χ1) is 8.84. The van der Waals surface area contributed by atoms with Gasteiger partial charge in [-0.2, -0.15) is 0 Å². The van der Waals surface area contributed by atoms with Gasteiger partial charge in [0.2, 0.25) is 11.8 Å². The Morgan fingerprint density at radius 3 is 2.47 bits per heavy atom. The summed E-state index contributed by atoms with van der Waals surface area (Å²) in [6, 6.07) is -0.310. The molecule has 2 unspecified atom stereocenters. The van der Waals surface area contributed by atoms with Gasteiger partial charge in [-0.25, -0.2) is 0 Å². The number of nitrogens with one attached hydrogen (secondary N) is 1. The molecule has 2 rings (SSSR count). The van der Waals surface area contributed by atoms with Crippen LogP contribution in [0.4, 0.5) is 0 Å². The van der Waals surface area contributed by atoms with Gasteiger partial charge in [-0.1, -0.05) is 0 Å². The van der Waals surface area contributed by atoms with E-state index in [0.29, 0.717) is 5.92 Å². The summed E-state index contributed by atoms with van der Waals surface area (Å²) in [6.07, 6.45) is 1.92. The maximum Gasteiger partial charge on any atom is 0.248 e. The van der Waals surface area contributed by atoms with E-state index < -0.39 is 11.6 Å². The number of nitrogens with zero attached hydrogens (tertiary/aromatic N) is 1. The topological polar surface area (TPSA) is 58.6 Å². The quantitative estimate of drug-likeness (QED) is 0.810. The van der Waals surface area contributed by atoms with Crippen LogP contribution in [0, 0.1) is 5.92 Å². The third-order valence-electron chi connectivity index (χ3n) is 4.39. The van der Waals surface area contributed by atoms with Crippen LogP contribution >= 0.6 is 0 Å². The van der Waals surface area contributed by atoms with Gasteiger partial charge >= 0.3 is 0 Å². The Bertz CT molecular complexity index is 375. The predicted molar refractivity (Wildman–Crippen MR) is 71.5 cm³/mol. The largest absolute Gasteiger partial charge is 0.381 e. The molecule has 2 aliphatic heterocycles. The fourth-order valence-electron chi connectivity index (χ4n) is 3.05. The molecule has 1 N–H and O–H groups in total. The van der Waals surface area contributed by atoms with Gasteiger partial charge in [0, 0.05) is 19.3 Å². The van der Waals surface area contributed by atoms with Gasteiger partial charge in [0.25, 0.3) is 0 Å². The highest BCUT2D eigenvalue weighted by Gasteiger charge is 2.46. The molecule has 2 saturated heterocycles. The normalized spacial score (nSPS) is 30.1. The minimum Gasteiger partial charge on any atom is -0.381 e. The van der Waals surface area contributed by atoms with Crippen molar-refractivity contribution in [1.29, 1.82) is 0 Å². The van der Waals surface area contributed by atoms with E-state index in [0.717, 1.165) is 26.1 Å². The zero-order valence-electron chi connectivity index (χ0n) is 12.2. The molecule has 0 aliphatic carbocycles. The Kier molecular flexibility index (Phi) is 3.85. The number of hydrogen-bond acceptors (Lipinski definition) is 3. The molecule has 2 fully saturated rings. The van der Waals surface area contributed by atoms with Crippen LogP contribution in [0.2, 0.25) is 0 Å². The predicted octanol–water partition coefficient (Wildman–Crippen LogP) is 0.927. The molecule has 0 radical (unpaired) electrons. The standard InChI is InChI=1S/C14H24N2O3/c1-9(11-5-7-19-8-6-11)16-10(2)12(17)15-14(3,4)13(16)18/h9-11H,5-8H2,1-4H3,(H,15,17). The fraction of sp³-hybridized carbons (Fsp3) is 0.857. The first kappa shape index (κ1) is 14.3. The zero-order chi connectivity index (χ0) is 14.2. The van der Waals surface area contributed by atoms with Crippen LogP contribution in [0.25, 0.3) is 0 Å². The third-order valence-corrected chi connectivity index (χ3v) is 4.39. The van der Waals surface area contributed by atoms with E-state index in [-0.39, 0.29) is 17.9 Å². The third kappa shape index (κ3) is 2.61. The minimum atomic E-state index is -0.803. The van der Waals surface area contributed by atoms with Gasteiger partial charge in [-0.15, -0.1) is 0 Å². The number of amides is 2. The van der Waals surface area contributed by atoms with Gasteiger partial charge in [0.15, 0.2) is 0 Å². The fourth-order valence-corrected chi connectivity index (χ4v) is 3.05. The van der Waals surface area contributed by atoms with Crippen molar-refractivity contribution in [2.45, 2.75) is 58.2 Å². The monoisotopic (exact) mass is 268 g/mol. The minimum absolute atomic E-state index is 0.0126. The summed E-state index contributed by atoms with van der Waals surface area (Å²) in [7, 11) is 0. The molecule has 0 spiro atoms. The van der Waals surface area contributed by atoms with Crippen LogP contribution < -0.4 is 5.32 Å². The number of rotatable bonds is 2. The number of ether oxygens (including phenoxy) is 1. The molecule has 5 nitrogen and oxygen atoms in total. The van der Waals surface area contributed by atoms with Crippen molar-refractivity contribution >= 4 is 11.8 Å². The van der Waals surface area contributed by atoms with Crippen LogP contribution in [0.1, 0.15) is 40.5 Å². The maximum atomic E-state index is 12.6. The van der Waals surface area contributed by atoms with E-state index in [2.05, 4.69) is 12.2 Å². The smallest absolute Gasteiger partial charge is 0.248 e. The second-order valence-electron chi connectivity index (χ2n) is 6.19. The Labute approximate surface area is 114 Å². The second-order valence-corrected chi connectivity index (χ2v) is 6.19. The summed E-state index contributed by atoms with van der Waals surface area (Å²) < 4.78 is 5.37.